The van der Waals surface area contributed by atoms with Gasteiger partial charge in [0, 0.05) is 17.8 Å². The Morgan fingerprint density at radius 1 is 1.34 bits per heavy atom. The molecule has 0 bridgehead atoms. The number of aromatic nitrogens is 4. The van der Waals surface area contributed by atoms with Gasteiger partial charge in [0.1, 0.15) is 17.0 Å². The van der Waals surface area contributed by atoms with Gasteiger partial charge in [-0.1, -0.05) is 0 Å². The summed E-state index contributed by atoms with van der Waals surface area (Å²) in [6.45, 7) is -1.67. The molecule has 2 aromatic heterocycles. The number of nitrogens with one attached hydrogen (secondary N) is 2. The highest BCUT2D eigenvalue weighted by Crippen LogP contribution is 2.22. The number of H-pyrrole nitrogens is 1. The molecule has 152 valence electrons. The maximum Gasteiger partial charge on any atom is 0.387 e. The molecule has 0 saturated carbocycles. The fourth-order valence-corrected chi connectivity index (χ4v) is 2.49. The van der Waals surface area contributed by atoms with Crippen molar-refractivity contribution >= 4 is 5.91 Å². The predicted octanol–water partition coefficient (Wildman–Crippen LogP) is 1.33. The third-order valence-electron chi connectivity index (χ3n) is 3.91. The number of amides is 1. The van der Waals surface area contributed by atoms with Crippen LogP contribution < -0.4 is 15.6 Å². The van der Waals surface area contributed by atoms with Crippen LogP contribution in [-0.4, -0.2) is 50.3 Å². The van der Waals surface area contributed by atoms with Gasteiger partial charge in [0.15, 0.2) is 0 Å². The average molecular weight is 405 g/mol. The third kappa shape index (κ3) is 4.63. The van der Waals surface area contributed by atoms with E-state index in [4.69, 9.17) is 5.11 Å². The first-order valence-electron chi connectivity index (χ1n) is 8.49. The normalized spacial score (nSPS) is 12.0. The van der Waals surface area contributed by atoms with Crippen LogP contribution in [-0.2, 0) is 0 Å². The molecule has 3 aromatic rings. The molecule has 1 atom stereocenters. The Balaban J connectivity index is 2.07. The summed E-state index contributed by atoms with van der Waals surface area (Å²) in [4.78, 5) is 25.3. The molecule has 11 heteroatoms. The van der Waals surface area contributed by atoms with E-state index in [0.29, 0.717) is 11.3 Å². The number of benzene rings is 1. The summed E-state index contributed by atoms with van der Waals surface area (Å²) >= 11 is 0. The fraction of sp³-hybridized carbons (Fsp3) is 0.222. The number of carbonyl (C=O) groups is 1. The second-order valence-electron chi connectivity index (χ2n) is 6.08. The van der Waals surface area contributed by atoms with Gasteiger partial charge in [-0.05, 0) is 37.3 Å². The molecule has 0 saturated heterocycles. The van der Waals surface area contributed by atoms with Crippen LogP contribution in [0.5, 0.6) is 5.75 Å². The van der Waals surface area contributed by atoms with Crippen LogP contribution in [0.4, 0.5) is 8.78 Å². The van der Waals surface area contributed by atoms with E-state index in [0.717, 1.165) is 4.68 Å². The van der Waals surface area contributed by atoms with Crippen LogP contribution >= 0.6 is 0 Å². The highest BCUT2D eigenvalue weighted by Gasteiger charge is 2.19. The Morgan fingerprint density at radius 3 is 2.66 bits per heavy atom. The largest absolute Gasteiger partial charge is 0.435 e. The van der Waals surface area contributed by atoms with Crippen molar-refractivity contribution < 1.29 is 23.4 Å². The molecule has 0 aliphatic heterocycles. The van der Waals surface area contributed by atoms with Crippen molar-refractivity contribution in [2.45, 2.75) is 19.6 Å². The Morgan fingerprint density at radius 2 is 2.07 bits per heavy atom. The number of aromatic amines is 1. The molecule has 1 amide bonds. The van der Waals surface area contributed by atoms with E-state index in [1.807, 2.05) is 0 Å². The number of nitrogens with zero attached hydrogens (tertiary/aromatic N) is 3. The van der Waals surface area contributed by atoms with Gasteiger partial charge < -0.3 is 15.2 Å². The van der Waals surface area contributed by atoms with Gasteiger partial charge in [-0.25, -0.2) is 0 Å². The summed E-state index contributed by atoms with van der Waals surface area (Å²) in [6.07, 6.45) is 2.78. The average Bonchev–Trinajstić information content (AvgIpc) is 3.22. The molecule has 0 unspecified atom stereocenters. The van der Waals surface area contributed by atoms with Crippen molar-refractivity contribution in [3.8, 4) is 22.7 Å². The standard InChI is InChI=1S/C18H17F2N5O4/c1-10(9-26)23-16(27)14-6-15(11-2-4-13(5-3-11)29-18(19)20)24-25(17(14)28)12-7-21-22-8-12/h2-8,10,18,26H,9H2,1H3,(H,21,22)(H,23,27)/t10-/m0/s1. The van der Waals surface area contributed by atoms with Crippen LogP contribution in [0, 0.1) is 0 Å². The van der Waals surface area contributed by atoms with Gasteiger partial charge in [-0.15, -0.1) is 0 Å². The van der Waals surface area contributed by atoms with Crippen LogP contribution in [0.1, 0.15) is 17.3 Å². The van der Waals surface area contributed by atoms with E-state index in [1.165, 1.54) is 42.7 Å². The Bertz CT molecular complexity index is 1040. The number of rotatable bonds is 7. The van der Waals surface area contributed by atoms with Crippen molar-refractivity contribution in [2.75, 3.05) is 6.61 Å². The van der Waals surface area contributed by atoms with E-state index in [1.54, 1.807) is 6.92 Å². The lowest BCUT2D eigenvalue weighted by Crippen LogP contribution is -2.39. The van der Waals surface area contributed by atoms with Crippen LogP contribution in [0.2, 0.25) is 0 Å². The van der Waals surface area contributed by atoms with Gasteiger partial charge in [-0.3, -0.25) is 14.7 Å². The minimum absolute atomic E-state index is 0.0401. The first kappa shape index (κ1) is 20.1. The number of aliphatic hydroxyl groups excluding tert-OH is 1. The second kappa shape index (κ2) is 8.61. The molecular weight excluding hydrogens is 388 g/mol. The van der Waals surface area contributed by atoms with E-state index >= 15 is 0 Å². The van der Waals surface area contributed by atoms with E-state index in [2.05, 4.69) is 25.3 Å². The first-order chi connectivity index (χ1) is 13.9. The lowest BCUT2D eigenvalue weighted by Gasteiger charge is -2.13. The first-order valence-corrected chi connectivity index (χ1v) is 8.49. The molecule has 0 fully saturated rings. The number of carbonyl (C=O) groups excluding carboxylic acids is 1. The lowest BCUT2D eigenvalue weighted by atomic mass is 10.1. The third-order valence-corrected chi connectivity index (χ3v) is 3.91. The summed E-state index contributed by atoms with van der Waals surface area (Å²) in [5, 5.41) is 22.2. The summed E-state index contributed by atoms with van der Waals surface area (Å²) < 4.78 is 30.0. The molecular formula is C18H17F2N5O4. The zero-order valence-corrected chi connectivity index (χ0v) is 15.2. The molecule has 9 nitrogen and oxygen atoms in total. The van der Waals surface area contributed by atoms with Crippen molar-refractivity contribution in [3.05, 3.63) is 58.6 Å². The van der Waals surface area contributed by atoms with Crippen LogP contribution in [0.15, 0.2) is 47.5 Å². The number of alkyl halides is 2. The molecule has 0 radical (unpaired) electrons. The minimum Gasteiger partial charge on any atom is -0.435 e. The summed E-state index contributed by atoms with van der Waals surface area (Å²) in [5.41, 5.74) is 0.128. The molecule has 0 aliphatic rings. The lowest BCUT2D eigenvalue weighted by molar-refractivity contribution is -0.0498. The van der Waals surface area contributed by atoms with Crippen molar-refractivity contribution in [1.82, 2.24) is 25.3 Å². The van der Waals surface area contributed by atoms with Gasteiger partial charge in [0.2, 0.25) is 0 Å². The molecule has 2 heterocycles. The van der Waals surface area contributed by atoms with Crippen molar-refractivity contribution in [1.29, 1.82) is 0 Å². The Kier molecular flexibility index (Phi) is 5.98. The molecule has 3 rings (SSSR count). The van der Waals surface area contributed by atoms with E-state index < -0.39 is 24.1 Å². The predicted molar refractivity (Wildman–Crippen MR) is 98.1 cm³/mol. The number of hydrogen-bond acceptors (Lipinski definition) is 6. The second-order valence-corrected chi connectivity index (χ2v) is 6.08. The Labute approximate surface area is 162 Å². The van der Waals surface area contributed by atoms with E-state index in [9.17, 15) is 18.4 Å². The van der Waals surface area contributed by atoms with Gasteiger partial charge in [-0.2, -0.15) is 23.7 Å². The van der Waals surface area contributed by atoms with Crippen molar-refractivity contribution in [3.63, 3.8) is 0 Å². The topological polar surface area (TPSA) is 122 Å². The zero-order valence-electron chi connectivity index (χ0n) is 15.2. The van der Waals surface area contributed by atoms with Gasteiger partial charge in [0.05, 0.1) is 18.5 Å². The maximum atomic E-state index is 12.8. The molecule has 1 aromatic carbocycles. The minimum atomic E-state index is -2.95. The van der Waals surface area contributed by atoms with Crippen LogP contribution in [0.25, 0.3) is 16.9 Å². The molecule has 0 aliphatic carbocycles. The highest BCUT2D eigenvalue weighted by molar-refractivity contribution is 5.95. The fourth-order valence-electron chi connectivity index (χ4n) is 2.49. The summed E-state index contributed by atoms with van der Waals surface area (Å²) in [6, 6.07) is 6.33. The van der Waals surface area contributed by atoms with Gasteiger partial charge >= 0.3 is 6.61 Å². The van der Waals surface area contributed by atoms with Gasteiger partial charge in [0.25, 0.3) is 11.5 Å². The smallest absolute Gasteiger partial charge is 0.387 e. The summed E-state index contributed by atoms with van der Waals surface area (Å²) in [5.74, 6) is -0.725. The monoisotopic (exact) mass is 405 g/mol. The molecule has 29 heavy (non-hydrogen) atoms. The summed E-state index contributed by atoms with van der Waals surface area (Å²) in [7, 11) is 0. The highest BCUT2D eigenvalue weighted by atomic mass is 19.3. The number of aliphatic hydroxyl groups is 1. The number of ether oxygens (including phenoxy) is 1. The number of halogens is 2. The molecule has 0 spiro atoms. The quantitative estimate of drug-likeness (QED) is 0.545. The van der Waals surface area contributed by atoms with Crippen molar-refractivity contribution in [2.24, 2.45) is 0 Å². The van der Waals surface area contributed by atoms with Crippen LogP contribution in [0.3, 0.4) is 0 Å². The zero-order chi connectivity index (χ0) is 21.0. The maximum absolute atomic E-state index is 12.8. The Hall–Kier alpha value is -3.60. The van der Waals surface area contributed by atoms with E-state index in [-0.39, 0.29) is 23.6 Å². The SMILES string of the molecule is C[C@@H](CO)NC(=O)c1cc(-c2ccc(OC(F)F)cc2)nn(-c2cn[nH]c2)c1=O. The molecule has 3 N–H and O–H groups in total. The number of hydrogen-bond donors (Lipinski definition) is 3.